The molecule has 0 bridgehead atoms. The summed E-state index contributed by atoms with van der Waals surface area (Å²) in [5.74, 6) is -0.399. The van der Waals surface area contributed by atoms with Crippen molar-refractivity contribution in [3.8, 4) is 11.8 Å². The molecule has 0 aliphatic rings. The molecule has 1 amide bonds. The van der Waals surface area contributed by atoms with Crippen molar-refractivity contribution in [1.29, 1.82) is 5.26 Å². The summed E-state index contributed by atoms with van der Waals surface area (Å²) in [5.41, 5.74) is 4.72. The summed E-state index contributed by atoms with van der Waals surface area (Å²) < 4.78 is 10.6. The van der Waals surface area contributed by atoms with Gasteiger partial charge in [-0.1, -0.05) is 18.2 Å². The third kappa shape index (κ3) is 6.35. The van der Waals surface area contributed by atoms with Crippen LogP contribution in [0.2, 0.25) is 0 Å². The van der Waals surface area contributed by atoms with E-state index >= 15 is 0 Å². The smallest absolute Gasteiger partial charge is 0.344 e. The summed E-state index contributed by atoms with van der Waals surface area (Å²) in [5, 5.41) is 8.90. The van der Waals surface area contributed by atoms with E-state index in [0.717, 1.165) is 22.3 Å². The van der Waals surface area contributed by atoms with Crippen LogP contribution in [-0.2, 0) is 14.3 Å². The van der Waals surface area contributed by atoms with E-state index in [9.17, 15) is 9.59 Å². The van der Waals surface area contributed by atoms with Crippen LogP contribution >= 0.6 is 0 Å². The first-order valence-corrected chi connectivity index (χ1v) is 9.42. The number of aryl methyl sites for hydroxylation is 3. The Morgan fingerprint density at radius 2 is 1.72 bits per heavy atom. The summed E-state index contributed by atoms with van der Waals surface area (Å²) in [6.07, 6.45) is 0.183. The second-order valence-electron chi connectivity index (χ2n) is 6.95. The Kier molecular flexibility index (Phi) is 7.79. The summed E-state index contributed by atoms with van der Waals surface area (Å²) in [6, 6.07) is 13.4. The standard InChI is InChI=1S/C23H26N2O4/c1-16-11-17(2)13-20(12-16)25(10-6-9-24)22(26)14-29-23(27)15-28-21-8-5-7-18(3)19(21)4/h5,7-8,11-13H,6,10,14-15H2,1-4H3. The molecule has 0 radical (unpaired) electrons. The SMILES string of the molecule is Cc1cc(C)cc(N(CCC#N)C(=O)COC(=O)COc2cccc(C)c2C)c1. The van der Waals surface area contributed by atoms with Crippen LogP contribution in [0.4, 0.5) is 5.69 Å². The molecule has 0 aliphatic heterocycles. The average molecular weight is 394 g/mol. The maximum atomic E-state index is 12.6. The molecule has 2 aromatic rings. The van der Waals surface area contributed by atoms with Crippen molar-refractivity contribution in [3.63, 3.8) is 0 Å². The molecular weight excluding hydrogens is 368 g/mol. The van der Waals surface area contributed by atoms with Crippen molar-refractivity contribution in [2.24, 2.45) is 0 Å². The van der Waals surface area contributed by atoms with Gasteiger partial charge in [-0.3, -0.25) is 4.79 Å². The van der Waals surface area contributed by atoms with Crippen molar-refractivity contribution in [1.82, 2.24) is 0 Å². The first-order chi connectivity index (χ1) is 13.8. The van der Waals surface area contributed by atoms with Crippen LogP contribution < -0.4 is 9.64 Å². The number of rotatable bonds is 8. The molecule has 6 nitrogen and oxygen atoms in total. The number of hydrogen-bond acceptors (Lipinski definition) is 5. The van der Waals surface area contributed by atoms with Crippen molar-refractivity contribution < 1.29 is 19.1 Å². The number of carbonyl (C=O) groups excluding carboxylic acids is 2. The minimum Gasteiger partial charge on any atom is -0.482 e. The highest BCUT2D eigenvalue weighted by atomic mass is 16.6. The van der Waals surface area contributed by atoms with E-state index < -0.39 is 12.6 Å². The zero-order valence-corrected chi connectivity index (χ0v) is 17.3. The van der Waals surface area contributed by atoms with Gasteiger partial charge in [0, 0.05) is 12.2 Å². The Bertz CT molecular complexity index is 911. The van der Waals surface area contributed by atoms with E-state index in [1.807, 2.05) is 64.1 Å². The highest BCUT2D eigenvalue weighted by Gasteiger charge is 2.18. The Morgan fingerprint density at radius 1 is 1.03 bits per heavy atom. The monoisotopic (exact) mass is 394 g/mol. The second kappa shape index (κ2) is 10.3. The highest BCUT2D eigenvalue weighted by molar-refractivity contribution is 5.95. The summed E-state index contributed by atoms with van der Waals surface area (Å²) in [4.78, 5) is 26.2. The van der Waals surface area contributed by atoms with E-state index in [2.05, 4.69) is 0 Å². The predicted octanol–water partition coefficient (Wildman–Crippen LogP) is 3.79. The van der Waals surface area contributed by atoms with Crippen LogP contribution in [0.15, 0.2) is 36.4 Å². The molecule has 0 spiro atoms. The van der Waals surface area contributed by atoms with Gasteiger partial charge in [0.1, 0.15) is 5.75 Å². The Balaban J connectivity index is 1.97. The van der Waals surface area contributed by atoms with Gasteiger partial charge in [-0.15, -0.1) is 0 Å². The van der Waals surface area contributed by atoms with Crippen LogP contribution in [0.3, 0.4) is 0 Å². The third-order valence-electron chi connectivity index (χ3n) is 4.52. The lowest BCUT2D eigenvalue weighted by Crippen LogP contribution is -2.36. The number of carbonyl (C=O) groups is 2. The maximum absolute atomic E-state index is 12.6. The molecule has 0 heterocycles. The number of ether oxygens (including phenoxy) is 2. The van der Waals surface area contributed by atoms with Crippen LogP contribution in [0.5, 0.6) is 5.75 Å². The lowest BCUT2D eigenvalue weighted by atomic mass is 10.1. The lowest BCUT2D eigenvalue weighted by Gasteiger charge is -2.22. The molecule has 6 heteroatoms. The normalized spacial score (nSPS) is 10.2. The fourth-order valence-electron chi connectivity index (χ4n) is 2.95. The van der Waals surface area contributed by atoms with Gasteiger partial charge in [0.05, 0.1) is 12.5 Å². The third-order valence-corrected chi connectivity index (χ3v) is 4.52. The van der Waals surface area contributed by atoms with E-state index in [-0.39, 0.29) is 25.5 Å². The van der Waals surface area contributed by atoms with Gasteiger partial charge < -0.3 is 14.4 Å². The number of amides is 1. The van der Waals surface area contributed by atoms with Gasteiger partial charge in [-0.05, 0) is 68.1 Å². The molecule has 2 aromatic carbocycles. The molecule has 152 valence electrons. The molecule has 29 heavy (non-hydrogen) atoms. The molecule has 0 atom stereocenters. The molecule has 0 saturated carbocycles. The number of nitrogens with zero attached hydrogens (tertiary/aromatic N) is 2. The van der Waals surface area contributed by atoms with Gasteiger partial charge >= 0.3 is 5.97 Å². The molecule has 0 unspecified atom stereocenters. The summed E-state index contributed by atoms with van der Waals surface area (Å²) >= 11 is 0. The predicted molar refractivity (Wildman–Crippen MR) is 111 cm³/mol. The lowest BCUT2D eigenvalue weighted by molar-refractivity contribution is -0.149. The van der Waals surface area contributed by atoms with Gasteiger partial charge in [-0.25, -0.2) is 4.79 Å². The molecular formula is C23H26N2O4. The largest absolute Gasteiger partial charge is 0.482 e. The van der Waals surface area contributed by atoms with Crippen LogP contribution in [0.1, 0.15) is 28.7 Å². The Labute approximate surface area is 171 Å². The first kappa shape index (κ1) is 22.0. The van der Waals surface area contributed by atoms with Crippen molar-refractivity contribution in [2.45, 2.75) is 34.1 Å². The van der Waals surface area contributed by atoms with Crippen LogP contribution in [0, 0.1) is 39.0 Å². The highest BCUT2D eigenvalue weighted by Crippen LogP contribution is 2.21. The topological polar surface area (TPSA) is 79.6 Å². The molecule has 0 aromatic heterocycles. The Morgan fingerprint density at radius 3 is 2.38 bits per heavy atom. The van der Waals surface area contributed by atoms with Gasteiger partial charge in [0.2, 0.25) is 0 Å². The van der Waals surface area contributed by atoms with Gasteiger partial charge in [-0.2, -0.15) is 5.26 Å². The van der Waals surface area contributed by atoms with E-state index in [0.29, 0.717) is 11.4 Å². The Hall–Kier alpha value is -3.33. The minimum absolute atomic E-state index is 0.183. The van der Waals surface area contributed by atoms with E-state index in [1.54, 1.807) is 6.07 Å². The summed E-state index contributed by atoms with van der Waals surface area (Å²) in [7, 11) is 0. The molecule has 0 fully saturated rings. The molecule has 0 N–H and O–H groups in total. The molecule has 2 rings (SSSR count). The number of hydrogen-bond donors (Lipinski definition) is 0. The molecule has 0 aliphatic carbocycles. The summed E-state index contributed by atoms with van der Waals surface area (Å²) in [6.45, 7) is 7.29. The zero-order valence-electron chi connectivity index (χ0n) is 17.3. The van der Waals surface area contributed by atoms with E-state index in [4.69, 9.17) is 14.7 Å². The van der Waals surface area contributed by atoms with E-state index in [1.165, 1.54) is 4.90 Å². The second-order valence-corrected chi connectivity index (χ2v) is 6.95. The minimum atomic E-state index is -0.625. The maximum Gasteiger partial charge on any atom is 0.344 e. The fraction of sp³-hybridized carbons (Fsp3) is 0.348. The number of nitriles is 1. The van der Waals surface area contributed by atoms with Gasteiger partial charge in [0.15, 0.2) is 13.2 Å². The van der Waals surface area contributed by atoms with Crippen molar-refractivity contribution in [2.75, 3.05) is 24.7 Å². The first-order valence-electron chi connectivity index (χ1n) is 9.42. The number of esters is 1. The van der Waals surface area contributed by atoms with Crippen molar-refractivity contribution in [3.05, 3.63) is 58.7 Å². The quantitative estimate of drug-likeness (QED) is 0.637. The number of anilines is 1. The van der Waals surface area contributed by atoms with Crippen molar-refractivity contribution >= 4 is 17.6 Å². The average Bonchev–Trinajstić information content (AvgIpc) is 2.67. The van der Waals surface area contributed by atoms with Crippen LogP contribution in [-0.4, -0.2) is 31.6 Å². The van der Waals surface area contributed by atoms with Gasteiger partial charge in [0.25, 0.3) is 5.91 Å². The zero-order chi connectivity index (χ0) is 21.4. The molecule has 0 saturated heterocycles. The fourth-order valence-corrected chi connectivity index (χ4v) is 2.95. The van der Waals surface area contributed by atoms with Crippen LogP contribution in [0.25, 0.3) is 0 Å². The number of benzene rings is 2.